The largest absolute Gasteiger partial charge is 0.504 e. The van der Waals surface area contributed by atoms with E-state index in [1.807, 2.05) is 0 Å². The highest BCUT2D eigenvalue weighted by atomic mass is 16.4. The van der Waals surface area contributed by atoms with Crippen molar-refractivity contribution in [3.05, 3.63) is 65.7 Å². The van der Waals surface area contributed by atoms with Gasteiger partial charge in [-0.05, 0) is 29.3 Å². The van der Waals surface area contributed by atoms with E-state index in [1.165, 1.54) is 24.3 Å². The minimum absolute atomic E-state index is 0.125. The lowest BCUT2D eigenvalue weighted by molar-refractivity contribution is -0.141. The van der Waals surface area contributed by atoms with Crippen LogP contribution < -0.4 is 10.6 Å². The van der Waals surface area contributed by atoms with Crippen LogP contribution >= 0.6 is 0 Å². The molecular weight excluding hydrogens is 364 g/mol. The Morgan fingerprint density at radius 2 is 1.71 bits per heavy atom. The normalized spacial score (nSPS) is 11.7. The third kappa shape index (κ3) is 6.49. The molecule has 2 aromatic carbocycles. The molecule has 8 heteroatoms. The van der Waals surface area contributed by atoms with Gasteiger partial charge in [0.1, 0.15) is 6.04 Å². The van der Waals surface area contributed by atoms with Crippen LogP contribution in [0.1, 0.15) is 11.1 Å². The summed E-state index contributed by atoms with van der Waals surface area (Å²) in [4.78, 5) is 35.0. The predicted octanol–water partition coefficient (Wildman–Crippen LogP) is 1.04. The topological polar surface area (TPSA) is 136 Å². The van der Waals surface area contributed by atoms with Crippen LogP contribution in [-0.4, -0.2) is 45.7 Å². The quantitative estimate of drug-likeness (QED) is 0.341. The molecule has 2 amide bonds. The van der Waals surface area contributed by atoms with Gasteiger partial charge in [-0.1, -0.05) is 36.4 Å². The van der Waals surface area contributed by atoms with Crippen molar-refractivity contribution in [1.82, 2.24) is 10.6 Å². The van der Waals surface area contributed by atoms with E-state index < -0.39 is 23.8 Å². The molecule has 0 aliphatic rings. The lowest BCUT2D eigenvalue weighted by atomic mass is 10.1. The van der Waals surface area contributed by atoms with Crippen LogP contribution in [0.5, 0.6) is 11.5 Å². The van der Waals surface area contributed by atoms with Crippen LogP contribution in [0.25, 0.3) is 6.08 Å². The van der Waals surface area contributed by atoms with E-state index in [2.05, 4.69) is 10.6 Å². The molecule has 0 bridgehead atoms. The van der Waals surface area contributed by atoms with E-state index >= 15 is 0 Å². The fraction of sp³-hybridized carbons (Fsp3) is 0.150. The summed E-state index contributed by atoms with van der Waals surface area (Å²) in [5.41, 5.74) is 1.24. The Bertz CT molecular complexity index is 880. The summed E-state index contributed by atoms with van der Waals surface area (Å²) in [5.74, 6) is -2.97. The highest BCUT2D eigenvalue weighted by Gasteiger charge is 2.20. The molecule has 1 atom stereocenters. The molecule has 5 N–H and O–H groups in total. The van der Waals surface area contributed by atoms with Crippen LogP contribution in [0, 0.1) is 0 Å². The maximum atomic E-state index is 11.9. The summed E-state index contributed by atoms with van der Waals surface area (Å²) in [5, 5.41) is 32.6. The SMILES string of the molecule is O=C(/C=C/c1ccc(O)c(O)c1)NCC(=O)N[C@H](Cc1ccccc1)C(=O)O. The number of benzene rings is 2. The van der Waals surface area contributed by atoms with Crippen LogP contribution in [0.3, 0.4) is 0 Å². The molecule has 0 spiro atoms. The Morgan fingerprint density at radius 3 is 2.36 bits per heavy atom. The fourth-order valence-corrected chi connectivity index (χ4v) is 2.34. The lowest BCUT2D eigenvalue weighted by Gasteiger charge is -2.14. The van der Waals surface area contributed by atoms with Gasteiger partial charge in [0.15, 0.2) is 11.5 Å². The molecule has 0 fully saturated rings. The second-order valence-electron chi connectivity index (χ2n) is 5.95. The van der Waals surface area contributed by atoms with Gasteiger partial charge in [0.2, 0.25) is 11.8 Å². The molecule has 0 aromatic heterocycles. The molecule has 0 unspecified atom stereocenters. The number of hydrogen-bond donors (Lipinski definition) is 5. The van der Waals surface area contributed by atoms with Crippen LogP contribution in [0.4, 0.5) is 0 Å². The summed E-state index contributed by atoms with van der Waals surface area (Å²) in [7, 11) is 0. The van der Waals surface area contributed by atoms with Crippen molar-refractivity contribution < 1.29 is 29.7 Å². The minimum atomic E-state index is -1.17. The number of carboxylic acids is 1. The number of aromatic hydroxyl groups is 2. The fourth-order valence-electron chi connectivity index (χ4n) is 2.34. The van der Waals surface area contributed by atoms with E-state index in [1.54, 1.807) is 30.3 Å². The first-order chi connectivity index (χ1) is 13.3. The van der Waals surface area contributed by atoms with Crippen LogP contribution in [0.15, 0.2) is 54.6 Å². The number of carbonyl (C=O) groups excluding carboxylic acids is 2. The maximum Gasteiger partial charge on any atom is 0.326 e. The van der Waals surface area contributed by atoms with Crippen molar-refractivity contribution in [2.45, 2.75) is 12.5 Å². The Balaban J connectivity index is 1.84. The molecule has 0 aliphatic heterocycles. The molecule has 0 heterocycles. The second-order valence-corrected chi connectivity index (χ2v) is 5.95. The number of amides is 2. The third-order valence-corrected chi connectivity index (χ3v) is 3.77. The minimum Gasteiger partial charge on any atom is -0.504 e. The number of rotatable bonds is 8. The highest BCUT2D eigenvalue weighted by molar-refractivity contribution is 5.95. The smallest absolute Gasteiger partial charge is 0.326 e. The summed E-state index contributed by atoms with van der Waals surface area (Å²) in [6.45, 7) is -0.386. The number of carboxylic acid groups (broad SMARTS) is 1. The molecule has 0 aliphatic carbocycles. The third-order valence-electron chi connectivity index (χ3n) is 3.77. The van der Waals surface area contributed by atoms with Gasteiger partial charge >= 0.3 is 5.97 Å². The zero-order valence-corrected chi connectivity index (χ0v) is 14.8. The van der Waals surface area contributed by atoms with Gasteiger partial charge in [-0.2, -0.15) is 0 Å². The molecular formula is C20H20N2O6. The highest BCUT2D eigenvalue weighted by Crippen LogP contribution is 2.25. The summed E-state index contributed by atoms with van der Waals surface area (Å²) >= 11 is 0. The van der Waals surface area contributed by atoms with Gasteiger partial charge in [0.05, 0.1) is 6.54 Å². The van der Waals surface area contributed by atoms with E-state index in [0.29, 0.717) is 5.56 Å². The molecule has 2 aromatic rings. The Hall–Kier alpha value is -3.81. The van der Waals surface area contributed by atoms with Gasteiger partial charge in [-0.3, -0.25) is 9.59 Å². The Labute approximate surface area is 161 Å². The van der Waals surface area contributed by atoms with E-state index in [9.17, 15) is 29.7 Å². The first-order valence-electron chi connectivity index (χ1n) is 8.39. The van der Waals surface area contributed by atoms with Gasteiger partial charge in [0.25, 0.3) is 0 Å². The van der Waals surface area contributed by atoms with Gasteiger partial charge < -0.3 is 26.0 Å². The predicted molar refractivity (Wildman–Crippen MR) is 102 cm³/mol. The molecule has 0 saturated carbocycles. The monoisotopic (exact) mass is 384 g/mol. The molecule has 8 nitrogen and oxygen atoms in total. The van der Waals surface area contributed by atoms with Crippen molar-refractivity contribution in [3.63, 3.8) is 0 Å². The van der Waals surface area contributed by atoms with E-state index in [-0.39, 0.29) is 24.5 Å². The van der Waals surface area contributed by atoms with Crippen LogP contribution in [0.2, 0.25) is 0 Å². The number of aliphatic carboxylic acids is 1. The maximum absolute atomic E-state index is 11.9. The lowest BCUT2D eigenvalue weighted by Crippen LogP contribution is -2.46. The summed E-state index contributed by atoms with van der Waals surface area (Å²) in [6.07, 6.45) is 2.67. The summed E-state index contributed by atoms with van der Waals surface area (Å²) < 4.78 is 0. The Morgan fingerprint density at radius 1 is 1.00 bits per heavy atom. The number of phenols is 2. The van der Waals surface area contributed by atoms with Gasteiger partial charge in [-0.15, -0.1) is 0 Å². The average molecular weight is 384 g/mol. The van der Waals surface area contributed by atoms with Crippen molar-refractivity contribution in [1.29, 1.82) is 0 Å². The standard InChI is InChI=1S/C20H20N2O6/c23-16-8-6-14(11-17(16)24)7-9-18(25)21-12-19(26)22-15(20(27)28)10-13-4-2-1-3-5-13/h1-9,11,15,23-24H,10,12H2,(H,21,25)(H,22,26)(H,27,28)/b9-7+/t15-/m1/s1. The molecule has 0 radical (unpaired) electrons. The molecule has 146 valence electrons. The zero-order valence-electron chi connectivity index (χ0n) is 14.8. The average Bonchev–Trinajstić information content (AvgIpc) is 2.67. The van der Waals surface area contributed by atoms with Crippen molar-refractivity contribution in [2.75, 3.05) is 6.54 Å². The molecule has 28 heavy (non-hydrogen) atoms. The number of carbonyl (C=O) groups is 3. The number of hydrogen-bond acceptors (Lipinski definition) is 5. The number of nitrogens with one attached hydrogen (secondary N) is 2. The zero-order chi connectivity index (χ0) is 20.5. The van der Waals surface area contributed by atoms with E-state index in [0.717, 1.165) is 11.6 Å². The van der Waals surface area contributed by atoms with Gasteiger partial charge in [-0.25, -0.2) is 4.79 Å². The number of phenolic OH excluding ortho intramolecular Hbond substituents is 2. The second kappa shape index (κ2) is 9.77. The van der Waals surface area contributed by atoms with Crippen LogP contribution in [-0.2, 0) is 20.8 Å². The van der Waals surface area contributed by atoms with Gasteiger partial charge in [0, 0.05) is 12.5 Å². The van der Waals surface area contributed by atoms with Crippen molar-refractivity contribution in [3.8, 4) is 11.5 Å². The van der Waals surface area contributed by atoms with E-state index in [4.69, 9.17) is 0 Å². The van der Waals surface area contributed by atoms with Crippen molar-refractivity contribution >= 4 is 23.9 Å². The summed E-state index contributed by atoms with van der Waals surface area (Å²) in [6, 6.07) is 11.8. The molecule has 2 rings (SSSR count). The van der Waals surface area contributed by atoms with Crippen molar-refractivity contribution in [2.24, 2.45) is 0 Å². The first-order valence-corrected chi connectivity index (χ1v) is 8.39. The first kappa shape index (κ1) is 20.5. The molecule has 0 saturated heterocycles. The Kier molecular flexibility index (Phi) is 7.15.